The number of ether oxygens (including phenoxy) is 1. The van der Waals surface area contributed by atoms with Gasteiger partial charge in [0.1, 0.15) is 5.75 Å². The van der Waals surface area contributed by atoms with Crippen molar-refractivity contribution in [2.75, 3.05) is 7.11 Å². The van der Waals surface area contributed by atoms with Gasteiger partial charge in [0.15, 0.2) is 0 Å². The molecule has 0 aromatic heterocycles. The van der Waals surface area contributed by atoms with E-state index in [9.17, 15) is 9.90 Å². The molecule has 1 unspecified atom stereocenters. The van der Waals surface area contributed by atoms with Gasteiger partial charge in [0.05, 0.1) is 7.11 Å². The fourth-order valence-corrected chi connectivity index (χ4v) is 4.58. The minimum absolute atomic E-state index is 0.0937. The fourth-order valence-electron chi connectivity index (χ4n) is 4.58. The Kier molecular flexibility index (Phi) is 3.92. The van der Waals surface area contributed by atoms with Crippen molar-refractivity contribution in [2.24, 2.45) is 5.92 Å². The van der Waals surface area contributed by atoms with E-state index in [0.717, 1.165) is 31.4 Å². The molecule has 1 fully saturated rings. The van der Waals surface area contributed by atoms with Crippen LogP contribution in [-0.4, -0.2) is 18.2 Å². The molecule has 0 radical (unpaired) electrons. The van der Waals surface area contributed by atoms with Gasteiger partial charge < -0.3 is 9.84 Å². The van der Waals surface area contributed by atoms with Crippen LogP contribution in [0.3, 0.4) is 0 Å². The van der Waals surface area contributed by atoms with Gasteiger partial charge >= 0.3 is 5.97 Å². The Morgan fingerprint density at radius 1 is 1.33 bits per heavy atom. The molecule has 1 aromatic rings. The molecule has 1 spiro atoms. The molecule has 1 saturated carbocycles. The molecule has 0 amide bonds. The predicted octanol–water partition coefficient (Wildman–Crippen LogP) is 3.93. The first-order chi connectivity index (χ1) is 10.2. The molecule has 3 nitrogen and oxygen atoms in total. The van der Waals surface area contributed by atoms with E-state index in [0.29, 0.717) is 6.42 Å². The van der Waals surface area contributed by atoms with Crippen LogP contribution in [0, 0.1) is 5.92 Å². The lowest BCUT2D eigenvalue weighted by Gasteiger charge is -2.48. The number of rotatable bonds is 3. The van der Waals surface area contributed by atoms with E-state index in [-0.39, 0.29) is 11.3 Å². The molecule has 1 aromatic carbocycles. The second-order valence-electron chi connectivity index (χ2n) is 6.57. The molecule has 1 atom stereocenters. The summed E-state index contributed by atoms with van der Waals surface area (Å²) in [6.45, 7) is 0. The number of aryl methyl sites for hydroxylation is 1. The van der Waals surface area contributed by atoms with Gasteiger partial charge in [-0.15, -0.1) is 0 Å². The minimum atomic E-state index is -0.651. The maximum absolute atomic E-state index is 11.3. The number of fused-ring (bicyclic) bond motifs is 2. The van der Waals surface area contributed by atoms with Crippen molar-refractivity contribution in [3.63, 3.8) is 0 Å². The second-order valence-corrected chi connectivity index (χ2v) is 6.57. The predicted molar refractivity (Wildman–Crippen MR) is 81.8 cm³/mol. The quantitative estimate of drug-likeness (QED) is 0.916. The SMILES string of the molecule is COc1ccc2c(c1)CCC(CC(=O)O)C21CCCCC1. The summed E-state index contributed by atoms with van der Waals surface area (Å²) in [7, 11) is 1.70. The highest BCUT2D eigenvalue weighted by atomic mass is 16.5. The highest BCUT2D eigenvalue weighted by molar-refractivity contribution is 5.67. The number of hydrogen-bond acceptors (Lipinski definition) is 2. The third-order valence-corrected chi connectivity index (χ3v) is 5.56. The zero-order valence-corrected chi connectivity index (χ0v) is 12.7. The Morgan fingerprint density at radius 2 is 2.10 bits per heavy atom. The molecule has 1 N–H and O–H groups in total. The summed E-state index contributed by atoms with van der Waals surface area (Å²) in [5.41, 5.74) is 2.87. The van der Waals surface area contributed by atoms with Gasteiger partial charge in [0.25, 0.3) is 0 Å². The van der Waals surface area contributed by atoms with Crippen molar-refractivity contribution in [3.05, 3.63) is 29.3 Å². The van der Waals surface area contributed by atoms with Crippen molar-refractivity contribution < 1.29 is 14.6 Å². The molecule has 3 heteroatoms. The fraction of sp³-hybridized carbons (Fsp3) is 0.611. The molecular formula is C18H24O3. The van der Waals surface area contributed by atoms with Gasteiger partial charge in [0.2, 0.25) is 0 Å². The Hall–Kier alpha value is -1.51. The highest BCUT2D eigenvalue weighted by Crippen LogP contribution is 2.52. The van der Waals surface area contributed by atoms with Crippen molar-refractivity contribution >= 4 is 5.97 Å². The van der Waals surface area contributed by atoms with E-state index >= 15 is 0 Å². The van der Waals surface area contributed by atoms with E-state index in [1.165, 1.54) is 30.4 Å². The number of carbonyl (C=O) groups is 1. The number of carboxylic acids is 1. The largest absolute Gasteiger partial charge is 0.497 e. The molecule has 114 valence electrons. The standard InChI is InChI=1S/C18H24O3/c1-21-15-7-8-16-13(11-15)5-6-14(12-17(19)20)18(16)9-3-2-4-10-18/h7-8,11,14H,2-6,9-10,12H2,1H3,(H,19,20). The number of hydrogen-bond donors (Lipinski definition) is 1. The van der Waals surface area contributed by atoms with Crippen molar-refractivity contribution in [1.29, 1.82) is 0 Å². The third-order valence-electron chi connectivity index (χ3n) is 5.56. The lowest BCUT2D eigenvalue weighted by atomic mass is 9.56. The van der Waals surface area contributed by atoms with Crippen LogP contribution in [0.2, 0.25) is 0 Å². The highest BCUT2D eigenvalue weighted by Gasteiger charge is 2.45. The van der Waals surface area contributed by atoms with Gasteiger partial charge in [-0.2, -0.15) is 0 Å². The average Bonchev–Trinajstić information content (AvgIpc) is 2.50. The molecule has 0 bridgehead atoms. The number of aliphatic carboxylic acids is 1. The summed E-state index contributed by atoms with van der Waals surface area (Å²) in [4.78, 5) is 11.3. The molecule has 0 heterocycles. The lowest BCUT2D eigenvalue weighted by Crippen LogP contribution is -2.42. The third kappa shape index (κ3) is 2.54. The van der Waals surface area contributed by atoms with Gasteiger partial charge in [-0.1, -0.05) is 25.3 Å². The first-order valence-electron chi connectivity index (χ1n) is 8.05. The van der Waals surface area contributed by atoms with Crippen LogP contribution in [0.4, 0.5) is 0 Å². The van der Waals surface area contributed by atoms with Crippen LogP contribution in [0.5, 0.6) is 5.75 Å². The number of benzene rings is 1. The van der Waals surface area contributed by atoms with Gasteiger partial charge in [0, 0.05) is 6.42 Å². The van der Waals surface area contributed by atoms with Gasteiger partial charge in [-0.25, -0.2) is 0 Å². The van der Waals surface area contributed by atoms with Crippen molar-refractivity contribution in [1.82, 2.24) is 0 Å². The van der Waals surface area contributed by atoms with E-state index < -0.39 is 5.97 Å². The molecule has 2 aliphatic carbocycles. The zero-order chi connectivity index (χ0) is 14.9. The van der Waals surface area contributed by atoms with Gasteiger partial charge in [-0.3, -0.25) is 4.79 Å². The van der Waals surface area contributed by atoms with E-state index in [2.05, 4.69) is 12.1 Å². The molecular weight excluding hydrogens is 264 g/mol. The molecule has 0 aliphatic heterocycles. The summed E-state index contributed by atoms with van der Waals surface area (Å²) in [5.74, 6) is 0.550. The zero-order valence-electron chi connectivity index (χ0n) is 12.7. The van der Waals surface area contributed by atoms with Crippen molar-refractivity contribution in [2.45, 2.75) is 56.8 Å². The first kappa shape index (κ1) is 14.4. The number of carboxylic acid groups (broad SMARTS) is 1. The summed E-state index contributed by atoms with van der Waals surface area (Å²) in [6.07, 6.45) is 8.30. The number of methoxy groups -OCH3 is 1. The van der Waals surface area contributed by atoms with Crippen molar-refractivity contribution in [3.8, 4) is 5.75 Å². The lowest BCUT2D eigenvalue weighted by molar-refractivity contribution is -0.139. The van der Waals surface area contributed by atoms with Crippen LogP contribution in [0.15, 0.2) is 18.2 Å². The summed E-state index contributed by atoms with van der Waals surface area (Å²) in [5, 5.41) is 9.29. The summed E-state index contributed by atoms with van der Waals surface area (Å²) in [6, 6.07) is 6.40. The Balaban J connectivity index is 2.02. The maximum atomic E-state index is 11.3. The van der Waals surface area contributed by atoms with Crippen LogP contribution in [0.25, 0.3) is 0 Å². The van der Waals surface area contributed by atoms with Crippen LogP contribution in [-0.2, 0) is 16.6 Å². The second kappa shape index (κ2) is 5.70. The summed E-state index contributed by atoms with van der Waals surface area (Å²) < 4.78 is 5.35. The van der Waals surface area contributed by atoms with E-state index in [4.69, 9.17) is 4.74 Å². The molecule has 0 saturated heterocycles. The average molecular weight is 288 g/mol. The Morgan fingerprint density at radius 3 is 2.76 bits per heavy atom. The Bertz CT molecular complexity index is 529. The van der Waals surface area contributed by atoms with Crippen LogP contribution in [0.1, 0.15) is 56.1 Å². The van der Waals surface area contributed by atoms with E-state index in [1.807, 2.05) is 6.07 Å². The van der Waals surface area contributed by atoms with Gasteiger partial charge in [-0.05, 0) is 60.3 Å². The summed E-state index contributed by atoms with van der Waals surface area (Å²) >= 11 is 0. The molecule has 3 rings (SSSR count). The van der Waals surface area contributed by atoms with Crippen LogP contribution >= 0.6 is 0 Å². The molecule has 2 aliphatic rings. The van der Waals surface area contributed by atoms with E-state index in [1.54, 1.807) is 7.11 Å². The molecule has 21 heavy (non-hydrogen) atoms. The first-order valence-corrected chi connectivity index (χ1v) is 8.05. The Labute approximate surface area is 126 Å². The normalized spacial score (nSPS) is 23.6. The van der Waals surface area contributed by atoms with Crippen LogP contribution < -0.4 is 4.74 Å². The topological polar surface area (TPSA) is 46.5 Å². The maximum Gasteiger partial charge on any atom is 0.303 e. The minimum Gasteiger partial charge on any atom is -0.497 e. The smallest absolute Gasteiger partial charge is 0.303 e. The monoisotopic (exact) mass is 288 g/mol.